The summed E-state index contributed by atoms with van der Waals surface area (Å²) in [6.07, 6.45) is -3.65. The Hall–Kier alpha value is -2.16. The number of hydrogen-bond donors (Lipinski definition) is 0. The number of hydrogen-bond acceptors (Lipinski definition) is 4. The highest BCUT2D eigenvalue weighted by atomic mass is 79.9. The van der Waals surface area contributed by atoms with Crippen LogP contribution in [-0.4, -0.2) is 16.3 Å². The number of ether oxygens (including phenoxy) is 1. The van der Waals surface area contributed by atoms with E-state index in [1.165, 1.54) is 24.4 Å². The summed E-state index contributed by atoms with van der Waals surface area (Å²) in [4.78, 5) is 14.1. The molecule has 2 aromatic rings. The molecule has 0 saturated heterocycles. The Morgan fingerprint density at radius 3 is 2.57 bits per heavy atom. The van der Waals surface area contributed by atoms with Crippen LogP contribution in [0.25, 0.3) is 11.3 Å². The van der Waals surface area contributed by atoms with Gasteiger partial charge in [-0.15, -0.1) is 13.2 Å². The minimum atomic E-state index is -4.90. The molecule has 0 radical (unpaired) electrons. The number of para-hydroxylation sites is 1. The smallest absolute Gasteiger partial charge is 0.405 e. The topological polar surface area (TPSA) is 65.3 Å². The number of nitrogens with zero attached hydrogens (tertiary/aromatic N) is 2. The van der Waals surface area contributed by atoms with Crippen LogP contribution < -0.4 is 4.74 Å². The zero-order valence-electron chi connectivity index (χ0n) is 10.1. The fraction of sp³-hybridized carbons (Fsp3) is 0.0833. The van der Waals surface area contributed by atoms with Crippen molar-refractivity contribution in [1.29, 1.82) is 0 Å². The molecule has 2 rings (SSSR count). The molecule has 0 aliphatic rings. The number of alkyl halides is 3. The standard InChI is InChI=1S/C12H6BrF3N2O3/c13-7-5-9(18(19)20)11(17-6-7)8-3-1-2-4-10(8)21-12(14,15)16/h1-6H. The van der Waals surface area contributed by atoms with E-state index in [1.54, 1.807) is 0 Å². The highest BCUT2D eigenvalue weighted by Gasteiger charge is 2.33. The zero-order chi connectivity index (χ0) is 15.6. The maximum Gasteiger partial charge on any atom is 0.573 e. The lowest BCUT2D eigenvalue weighted by Gasteiger charge is -2.12. The first-order valence-electron chi connectivity index (χ1n) is 5.43. The first kappa shape index (κ1) is 15.2. The average Bonchev–Trinajstić information content (AvgIpc) is 2.37. The van der Waals surface area contributed by atoms with Crippen LogP contribution in [0, 0.1) is 10.1 Å². The van der Waals surface area contributed by atoms with E-state index in [1.807, 2.05) is 0 Å². The largest absolute Gasteiger partial charge is 0.573 e. The number of halogens is 4. The maximum absolute atomic E-state index is 12.4. The van der Waals surface area contributed by atoms with E-state index < -0.39 is 22.7 Å². The fourth-order valence-electron chi connectivity index (χ4n) is 1.65. The molecule has 0 aliphatic carbocycles. The molecule has 0 unspecified atom stereocenters. The van der Waals surface area contributed by atoms with Crippen molar-refractivity contribution >= 4 is 21.6 Å². The molecule has 0 atom stereocenters. The van der Waals surface area contributed by atoms with Gasteiger partial charge < -0.3 is 4.74 Å². The monoisotopic (exact) mass is 362 g/mol. The van der Waals surface area contributed by atoms with Gasteiger partial charge in [-0.25, -0.2) is 4.98 Å². The summed E-state index contributed by atoms with van der Waals surface area (Å²) in [7, 11) is 0. The van der Waals surface area contributed by atoms with E-state index >= 15 is 0 Å². The fourth-order valence-corrected chi connectivity index (χ4v) is 1.97. The molecule has 110 valence electrons. The van der Waals surface area contributed by atoms with Gasteiger partial charge in [0.2, 0.25) is 0 Å². The molecule has 0 N–H and O–H groups in total. The highest BCUT2D eigenvalue weighted by Crippen LogP contribution is 2.37. The molecule has 0 spiro atoms. The molecular weight excluding hydrogens is 357 g/mol. The van der Waals surface area contributed by atoms with Crippen LogP contribution in [0.5, 0.6) is 5.75 Å². The molecular formula is C12H6BrF3N2O3. The minimum Gasteiger partial charge on any atom is -0.405 e. The second-order valence-electron chi connectivity index (χ2n) is 3.82. The van der Waals surface area contributed by atoms with E-state index in [4.69, 9.17) is 0 Å². The zero-order valence-corrected chi connectivity index (χ0v) is 11.7. The van der Waals surface area contributed by atoms with Crippen molar-refractivity contribution in [3.63, 3.8) is 0 Å². The van der Waals surface area contributed by atoms with E-state index in [2.05, 4.69) is 25.7 Å². The SMILES string of the molecule is O=[N+]([O-])c1cc(Br)cnc1-c1ccccc1OC(F)(F)F. The van der Waals surface area contributed by atoms with Crippen molar-refractivity contribution in [3.8, 4) is 17.0 Å². The van der Waals surface area contributed by atoms with Gasteiger partial charge in [0.15, 0.2) is 5.69 Å². The summed E-state index contributed by atoms with van der Waals surface area (Å²) in [5.41, 5.74) is -0.750. The van der Waals surface area contributed by atoms with Crippen molar-refractivity contribution in [1.82, 2.24) is 4.98 Å². The third-order valence-corrected chi connectivity index (χ3v) is 2.83. The Labute approximate surface area is 124 Å². The molecule has 5 nitrogen and oxygen atoms in total. The lowest BCUT2D eigenvalue weighted by molar-refractivity contribution is -0.384. The van der Waals surface area contributed by atoms with Gasteiger partial charge in [-0.1, -0.05) is 12.1 Å². The number of rotatable bonds is 3. The minimum absolute atomic E-state index is 0.117. The van der Waals surface area contributed by atoms with Crippen LogP contribution in [0.3, 0.4) is 0 Å². The second-order valence-corrected chi connectivity index (χ2v) is 4.74. The van der Waals surface area contributed by atoms with Gasteiger partial charge in [0, 0.05) is 22.3 Å². The summed E-state index contributed by atoms with van der Waals surface area (Å²) in [6.45, 7) is 0. The molecule has 0 fully saturated rings. The van der Waals surface area contributed by atoms with Crippen LogP contribution in [0.4, 0.5) is 18.9 Å². The summed E-state index contributed by atoms with van der Waals surface area (Å²) >= 11 is 3.03. The van der Waals surface area contributed by atoms with Crippen molar-refractivity contribution in [2.45, 2.75) is 6.36 Å². The molecule has 0 aliphatic heterocycles. The van der Waals surface area contributed by atoms with Crippen LogP contribution in [0.1, 0.15) is 0 Å². The first-order valence-corrected chi connectivity index (χ1v) is 6.22. The third-order valence-electron chi connectivity index (χ3n) is 2.40. The predicted molar refractivity (Wildman–Crippen MR) is 70.7 cm³/mol. The second kappa shape index (κ2) is 5.68. The number of aromatic nitrogens is 1. The van der Waals surface area contributed by atoms with Gasteiger partial charge in [0.1, 0.15) is 5.75 Å². The van der Waals surface area contributed by atoms with E-state index in [9.17, 15) is 23.3 Å². The third kappa shape index (κ3) is 3.69. The van der Waals surface area contributed by atoms with Gasteiger partial charge >= 0.3 is 6.36 Å². The Kier molecular flexibility index (Phi) is 4.12. The lowest BCUT2D eigenvalue weighted by atomic mass is 10.1. The molecule has 1 aromatic heterocycles. The summed E-state index contributed by atoms with van der Waals surface area (Å²) < 4.78 is 41.3. The average molecular weight is 363 g/mol. The number of benzene rings is 1. The van der Waals surface area contributed by atoms with E-state index in [0.717, 1.165) is 12.1 Å². The Morgan fingerprint density at radius 1 is 1.29 bits per heavy atom. The first-order chi connectivity index (χ1) is 9.78. The Balaban J connectivity index is 2.60. The van der Waals surface area contributed by atoms with Gasteiger partial charge in [-0.3, -0.25) is 10.1 Å². The van der Waals surface area contributed by atoms with Crippen LogP contribution in [0.15, 0.2) is 41.0 Å². The van der Waals surface area contributed by atoms with Crippen LogP contribution in [-0.2, 0) is 0 Å². The van der Waals surface area contributed by atoms with Crippen LogP contribution in [0.2, 0.25) is 0 Å². The molecule has 1 heterocycles. The summed E-state index contributed by atoms with van der Waals surface area (Å²) in [5, 5.41) is 11.0. The summed E-state index contributed by atoms with van der Waals surface area (Å²) in [5.74, 6) is -0.553. The Bertz CT molecular complexity index is 692. The van der Waals surface area contributed by atoms with Crippen molar-refractivity contribution in [2.75, 3.05) is 0 Å². The number of nitro groups is 1. The van der Waals surface area contributed by atoms with Gasteiger partial charge in [-0.05, 0) is 28.1 Å². The van der Waals surface area contributed by atoms with Gasteiger partial charge in [0.25, 0.3) is 5.69 Å². The van der Waals surface area contributed by atoms with Gasteiger partial charge in [0.05, 0.1) is 4.92 Å². The molecule has 0 bridgehead atoms. The van der Waals surface area contributed by atoms with Gasteiger partial charge in [-0.2, -0.15) is 0 Å². The molecule has 0 amide bonds. The van der Waals surface area contributed by atoms with Crippen molar-refractivity contribution < 1.29 is 22.8 Å². The summed E-state index contributed by atoms with van der Waals surface area (Å²) in [6, 6.07) is 6.26. The molecule has 1 aromatic carbocycles. The van der Waals surface area contributed by atoms with Crippen molar-refractivity contribution in [3.05, 3.63) is 51.1 Å². The lowest BCUT2D eigenvalue weighted by Crippen LogP contribution is -2.17. The molecule has 9 heteroatoms. The van der Waals surface area contributed by atoms with E-state index in [-0.39, 0.29) is 11.3 Å². The molecule has 21 heavy (non-hydrogen) atoms. The number of pyridine rings is 1. The predicted octanol–water partition coefficient (Wildman–Crippen LogP) is 4.32. The molecule has 0 saturated carbocycles. The van der Waals surface area contributed by atoms with Crippen molar-refractivity contribution in [2.24, 2.45) is 0 Å². The highest BCUT2D eigenvalue weighted by molar-refractivity contribution is 9.10. The van der Waals surface area contributed by atoms with E-state index in [0.29, 0.717) is 4.47 Å². The maximum atomic E-state index is 12.4. The Morgan fingerprint density at radius 2 is 1.95 bits per heavy atom. The quantitative estimate of drug-likeness (QED) is 0.602. The van der Waals surface area contributed by atoms with Crippen LogP contribution >= 0.6 is 15.9 Å². The normalized spacial score (nSPS) is 11.2.